The van der Waals surface area contributed by atoms with E-state index < -0.39 is 5.91 Å². The van der Waals surface area contributed by atoms with Crippen LogP contribution < -0.4 is 18.9 Å². The highest BCUT2D eigenvalue weighted by molar-refractivity contribution is 8.27. The largest absolute Gasteiger partial charge is 0.497 e. The van der Waals surface area contributed by atoms with Gasteiger partial charge in [0, 0.05) is 6.07 Å². The van der Waals surface area contributed by atoms with E-state index in [0.29, 0.717) is 46.2 Å². The molecule has 37 heavy (non-hydrogen) atoms. The number of nitrogens with zero attached hydrogens (tertiary/aromatic N) is 3. The standard InChI is InChI=1S/C26H22N4O5S2/c1-32-17-5-3-6-18(15-17)34-10-11-35-20-9-8-16(14-21(20)33-2)13-19-23(27)30-26(28-24(19)31)37-25(29-30)22-7-4-12-36-22/h3-9,12-15,27H,10-11H2,1-2H3/b19-13-,27-23?. The molecule has 1 amide bonds. The summed E-state index contributed by atoms with van der Waals surface area (Å²) in [5.74, 6) is 1.92. The zero-order chi connectivity index (χ0) is 25.8. The molecule has 0 aliphatic carbocycles. The minimum absolute atomic E-state index is 0.0250. The van der Waals surface area contributed by atoms with Crippen molar-refractivity contribution in [1.82, 2.24) is 5.01 Å². The van der Waals surface area contributed by atoms with Crippen LogP contribution in [-0.2, 0) is 4.79 Å². The van der Waals surface area contributed by atoms with Crippen LogP contribution in [0.4, 0.5) is 0 Å². The molecule has 0 saturated carbocycles. The number of hydrogen-bond acceptors (Lipinski definition) is 9. The normalized spacial score (nSPS) is 15.8. The topological polar surface area (TPSA) is 106 Å². The fourth-order valence-electron chi connectivity index (χ4n) is 3.55. The maximum absolute atomic E-state index is 12.7. The summed E-state index contributed by atoms with van der Waals surface area (Å²) >= 11 is 2.82. The summed E-state index contributed by atoms with van der Waals surface area (Å²) in [6.07, 6.45) is 1.60. The van der Waals surface area contributed by atoms with Crippen molar-refractivity contribution in [3.63, 3.8) is 0 Å². The zero-order valence-electron chi connectivity index (χ0n) is 20.0. The van der Waals surface area contributed by atoms with E-state index in [-0.39, 0.29) is 11.4 Å². The minimum Gasteiger partial charge on any atom is -0.497 e. The van der Waals surface area contributed by atoms with Gasteiger partial charge in [-0.2, -0.15) is 15.1 Å². The third-order valence-corrected chi connectivity index (χ3v) is 7.28. The van der Waals surface area contributed by atoms with Crippen LogP contribution in [0.15, 0.2) is 75.6 Å². The van der Waals surface area contributed by atoms with E-state index in [1.165, 1.54) is 16.8 Å². The van der Waals surface area contributed by atoms with Gasteiger partial charge in [-0.25, -0.2) is 0 Å². The van der Waals surface area contributed by atoms with Crippen molar-refractivity contribution < 1.29 is 23.7 Å². The number of thiophene rings is 1. The Morgan fingerprint density at radius 2 is 1.81 bits per heavy atom. The first-order chi connectivity index (χ1) is 18.1. The number of benzene rings is 2. The van der Waals surface area contributed by atoms with E-state index in [1.54, 1.807) is 55.9 Å². The quantitative estimate of drug-likeness (QED) is 0.308. The number of aliphatic imine (C=N–C) groups is 1. The van der Waals surface area contributed by atoms with Gasteiger partial charge in [0.1, 0.15) is 29.8 Å². The first kappa shape index (κ1) is 24.6. The molecule has 0 unspecified atom stereocenters. The zero-order valence-corrected chi connectivity index (χ0v) is 21.6. The summed E-state index contributed by atoms with van der Waals surface area (Å²) in [7, 11) is 3.14. The van der Waals surface area contributed by atoms with Gasteiger partial charge >= 0.3 is 0 Å². The van der Waals surface area contributed by atoms with Gasteiger partial charge in [0.2, 0.25) is 5.17 Å². The summed E-state index contributed by atoms with van der Waals surface area (Å²) in [4.78, 5) is 17.8. The van der Waals surface area contributed by atoms with Crippen LogP contribution in [0, 0.1) is 5.41 Å². The maximum Gasteiger partial charge on any atom is 0.283 e. The molecule has 2 aliphatic heterocycles. The molecule has 5 rings (SSSR count). The molecule has 3 aromatic rings. The van der Waals surface area contributed by atoms with Crippen molar-refractivity contribution >= 4 is 51.1 Å². The molecule has 0 bridgehead atoms. The van der Waals surface area contributed by atoms with Crippen LogP contribution in [-0.4, -0.2) is 54.4 Å². The molecule has 2 aliphatic rings. The number of ether oxygens (including phenoxy) is 4. The average Bonchev–Trinajstić information content (AvgIpc) is 3.60. The lowest BCUT2D eigenvalue weighted by molar-refractivity contribution is -0.114. The lowest BCUT2D eigenvalue weighted by atomic mass is 10.1. The predicted molar refractivity (Wildman–Crippen MR) is 145 cm³/mol. The van der Waals surface area contributed by atoms with E-state index in [0.717, 1.165) is 10.6 Å². The van der Waals surface area contributed by atoms with Crippen molar-refractivity contribution in [2.24, 2.45) is 10.1 Å². The molecule has 11 heteroatoms. The van der Waals surface area contributed by atoms with Crippen molar-refractivity contribution in [3.8, 4) is 23.0 Å². The second-order valence-corrected chi connectivity index (χ2v) is 9.59. The van der Waals surface area contributed by atoms with E-state index in [2.05, 4.69) is 10.1 Å². The first-order valence-corrected chi connectivity index (χ1v) is 12.9. The Bertz CT molecular complexity index is 1430. The number of rotatable bonds is 9. The second kappa shape index (κ2) is 10.9. The third kappa shape index (κ3) is 5.37. The third-order valence-electron chi connectivity index (χ3n) is 5.34. The number of hydrogen-bond donors (Lipinski definition) is 1. The van der Waals surface area contributed by atoms with Gasteiger partial charge < -0.3 is 18.9 Å². The van der Waals surface area contributed by atoms with Crippen molar-refractivity contribution in [3.05, 3.63) is 76.0 Å². The predicted octanol–water partition coefficient (Wildman–Crippen LogP) is 4.89. The van der Waals surface area contributed by atoms with Gasteiger partial charge in [-0.05, 0) is 59.1 Å². The number of nitrogens with one attached hydrogen (secondary N) is 1. The Morgan fingerprint density at radius 3 is 2.59 bits per heavy atom. The average molecular weight is 535 g/mol. The Morgan fingerprint density at radius 1 is 0.973 bits per heavy atom. The Hall–Kier alpha value is -4.09. The lowest BCUT2D eigenvalue weighted by Gasteiger charge is -2.20. The number of thioether (sulfide) groups is 1. The molecule has 0 radical (unpaired) electrons. The number of amides is 1. The van der Waals surface area contributed by atoms with Crippen LogP contribution in [0.2, 0.25) is 0 Å². The summed E-state index contributed by atoms with van der Waals surface area (Å²) in [6.45, 7) is 0.627. The Labute approximate surface area is 221 Å². The van der Waals surface area contributed by atoms with Crippen LogP contribution in [0.25, 0.3) is 6.08 Å². The summed E-state index contributed by atoms with van der Waals surface area (Å²) < 4.78 is 22.2. The van der Waals surface area contributed by atoms with Crippen LogP contribution in [0.5, 0.6) is 23.0 Å². The van der Waals surface area contributed by atoms with Crippen molar-refractivity contribution in [2.45, 2.75) is 0 Å². The number of carbonyl (C=O) groups excluding carboxylic acids is 1. The molecular weight excluding hydrogens is 512 g/mol. The van der Waals surface area contributed by atoms with E-state index in [1.807, 2.05) is 35.7 Å². The number of hydrazone groups is 1. The molecule has 0 atom stereocenters. The van der Waals surface area contributed by atoms with Gasteiger partial charge in [-0.3, -0.25) is 10.2 Å². The van der Waals surface area contributed by atoms with E-state index >= 15 is 0 Å². The smallest absolute Gasteiger partial charge is 0.283 e. The van der Waals surface area contributed by atoms with Crippen molar-refractivity contribution in [1.29, 1.82) is 5.41 Å². The molecule has 3 heterocycles. The fraction of sp³-hybridized carbons (Fsp3) is 0.154. The number of methoxy groups -OCH3 is 2. The lowest BCUT2D eigenvalue weighted by Crippen LogP contribution is -2.35. The highest BCUT2D eigenvalue weighted by Gasteiger charge is 2.36. The molecule has 0 fully saturated rings. The summed E-state index contributed by atoms with van der Waals surface area (Å²) in [5, 5.41) is 17.5. The van der Waals surface area contributed by atoms with Crippen molar-refractivity contribution in [2.75, 3.05) is 27.4 Å². The number of amidine groups is 2. The molecule has 1 N–H and O–H groups in total. The fourth-order valence-corrected chi connectivity index (χ4v) is 5.24. The highest BCUT2D eigenvalue weighted by Crippen LogP contribution is 2.33. The minimum atomic E-state index is -0.486. The number of carbonyl (C=O) groups is 1. The highest BCUT2D eigenvalue weighted by atomic mass is 32.2. The van der Waals surface area contributed by atoms with Gasteiger partial charge in [0.25, 0.3) is 5.91 Å². The summed E-state index contributed by atoms with van der Waals surface area (Å²) in [5.41, 5.74) is 0.806. The molecule has 188 valence electrons. The number of fused-ring (bicyclic) bond motifs is 1. The second-order valence-electron chi connectivity index (χ2n) is 7.69. The van der Waals surface area contributed by atoms with Crippen LogP contribution >= 0.6 is 23.1 Å². The summed E-state index contributed by atoms with van der Waals surface area (Å²) in [6, 6.07) is 16.5. The Balaban J connectivity index is 1.26. The molecule has 0 saturated heterocycles. The van der Waals surface area contributed by atoms with Gasteiger partial charge in [0.15, 0.2) is 17.3 Å². The van der Waals surface area contributed by atoms with E-state index in [4.69, 9.17) is 24.4 Å². The van der Waals surface area contributed by atoms with Gasteiger partial charge in [-0.1, -0.05) is 18.2 Å². The van der Waals surface area contributed by atoms with Gasteiger partial charge in [0.05, 0.1) is 24.7 Å². The van der Waals surface area contributed by atoms with E-state index in [9.17, 15) is 4.79 Å². The van der Waals surface area contributed by atoms with Crippen LogP contribution in [0.1, 0.15) is 10.4 Å². The molecule has 1 aromatic heterocycles. The Kier molecular flexibility index (Phi) is 7.24. The first-order valence-electron chi connectivity index (χ1n) is 11.2. The monoisotopic (exact) mass is 534 g/mol. The van der Waals surface area contributed by atoms with Gasteiger partial charge in [-0.15, -0.1) is 11.3 Å². The molecular formula is C26H22N4O5S2. The molecule has 0 spiro atoms. The molecule has 2 aromatic carbocycles. The van der Waals surface area contributed by atoms with Crippen LogP contribution in [0.3, 0.4) is 0 Å². The SMILES string of the molecule is COc1cccc(OCCOc2ccc(/C=C3/C(=N)N4N=C(c5cccs5)SC4=NC3=O)cc2OC)c1. The molecule has 9 nitrogen and oxygen atoms in total. The maximum atomic E-state index is 12.7.